The summed E-state index contributed by atoms with van der Waals surface area (Å²) >= 11 is 0. The molecule has 1 atom stereocenters. The Labute approximate surface area is 103 Å². The molecule has 18 heavy (non-hydrogen) atoms. The number of carboxylic acid groups (broad SMARTS) is 1. The molecule has 0 aliphatic rings. The van der Waals surface area contributed by atoms with Gasteiger partial charge in [-0.25, -0.2) is 9.59 Å². The van der Waals surface area contributed by atoms with Gasteiger partial charge in [0.25, 0.3) is 0 Å². The molecule has 4 N–H and O–H groups in total. The minimum absolute atomic E-state index is 0.169. The van der Waals surface area contributed by atoms with Gasteiger partial charge in [0, 0.05) is 6.54 Å². The lowest BCUT2D eigenvalue weighted by Crippen LogP contribution is -2.42. The fraction of sp³-hybridized carbons (Fsp3) is 0.556. The molecule has 100 valence electrons. The molecule has 0 saturated heterocycles. The molecule has 0 fully saturated rings. The predicted octanol–water partition coefficient (Wildman–Crippen LogP) is -1.46. The fourth-order valence-electron chi connectivity index (χ4n) is 1.18. The highest BCUT2D eigenvalue weighted by Crippen LogP contribution is 1.93. The summed E-state index contributed by atoms with van der Waals surface area (Å²) in [6, 6.07) is -0.582. The van der Waals surface area contributed by atoms with E-state index in [4.69, 9.17) is 10.2 Å². The molecule has 0 aromatic carbocycles. The monoisotopic (exact) mass is 257 g/mol. The van der Waals surface area contributed by atoms with E-state index in [1.807, 2.05) is 6.92 Å². The van der Waals surface area contributed by atoms with Crippen LogP contribution in [0.4, 0.5) is 4.79 Å². The Morgan fingerprint density at radius 2 is 2.22 bits per heavy atom. The van der Waals surface area contributed by atoms with Gasteiger partial charge >= 0.3 is 12.0 Å². The zero-order chi connectivity index (χ0) is 13.5. The number of nitrogens with one attached hydrogen (secondary N) is 2. The number of aromatic nitrogens is 3. The van der Waals surface area contributed by atoms with Gasteiger partial charge in [-0.1, -0.05) is 0 Å². The Morgan fingerprint density at radius 1 is 1.50 bits per heavy atom. The van der Waals surface area contributed by atoms with Gasteiger partial charge in [0.1, 0.15) is 6.33 Å². The Hall–Kier alpha value is -2.16. The molecular formula is C9H15N5O4. The van der Waals surface area contributed by atoms with Gasteiger partial charge in [-0.3, -0.25) is 0 Å². The number of carboxylic acids is 1. The molecule has 0 spiro atoms. The van der Waals surface area contributed by atoms with Crippen molar-refractivity contribution in [1.82, 2.24) is 25.4 Å². The second-order valence-corrected chi connectivity index (χ2v) is 3.45. The Morgan fingerprint density at radius 3 is 2.83 bits per heavy atom. The number of carbonyl (C=O) groups excluding carboxylic acids is 1. The van der Waals surface area contributed by atoms with E-state index in [-0.39, 0.29) is 13.1 Å². The first-order valence-corrected chi connectivity index (χ1v) is 5.33. The van der Waals surface area contributed by atoms with Crippen LogP contribution >= 0.6 is 0 Å². The van der Waals surface area contributed by atoms with Crippen LogP contribution in [0.1, 0.15) is 12.7 Å². The summed E-state index contributed by atoms with van der Waals surface area (Å²) in [4.78, 5) is 21.6. The zero-order valence-electron chi connectivity index (χ0n) is 9.83. The lowest BCUT2D eigenvalue weighted by Gasteiger charge is -2.09. The first-order valence-electron chi connectivity index (χ1n) is 5.33. The van der Waals surface area contributed by atoms with E-state index >= 15 is 0 Å². The first-order chi connectivity index (χ1) is 8.54. The maximum atomic E-state index is 11.3. The Balaban J connectivity index is 2.31. The average molecular weight is 257 g/mol. The highest BCUT2D eigenvalue weighted by atomic mass is 16.4. The van der Waals surface area contributed by atoms with Crippen LogP contribution in [0.25, 0.3) is 0 Å². The van der Waals surface area contributed by atoms with E-state index in [1.54, 1.807) is 10.9 Å². The van der Waals surface area contributed by atoms with Crippen molar-refractivity contribution in [2.24, 2.45) is 0 Å². The van der Waals surface area contributed by atoms with Crippen LogP contribution in [0.5, 0.6) is 0 Å². The molecule has 1 heterocycles. The number of nitrogens with zero attached hydrogens (tertiary/aromatic N) is 3. The first kappa shape index (κ1) is 13.9. The number of amides is 2. The summed E-state index contributed by atoms with van der Waals surface area (Å²) in [7, 11) is 0. The number of aryl methyl sites for hydroxylation is 1. The van der Waals surface area contributed by atoms with Crippen molar-refractivity contribution < 1.29 is 19.8 Å². The van der Waals surface area contributed by atoms with Crippen LogP contribution in [-0.2, 0) is 17.9 Å². The summed E-state index contributed by atoms with van der Waals surface area (Å²) in [5.74, 6) is -0.799. The van der Waals surface area contributed by atoms with Gasteiger partial charge in [-0.2, -0.15) is 0 Å². The number of rotatable bonds is 6. The summed E-state index contributed by atoms with van der Waals surface area (Å²) in [6.45, 7) is 2.41. The standard InChI is InChI=1S/C9H15N5O4/c1-2-14-5-12-13-7(14)4-11-9(18)10-3-6(15)8(16)17/h5-6,15H,2-4H2,1H3,(H,16,17)(H2,10,11,18). The second kappa shape index (κ2) is 6.55. The molecule has 9 nitrogen and oxygen atoms in total. The molecule has 0 bridgehead atoms. The van der Waals surface area contributed by atoms with E-state index < -0.39 is 18.1 Å². The Bertz CT molecular complexity index is 419. The fourth-order valence-corrected chi connectivity index (χ4v) is 1.18. The molecule has 0 radical (unpaired) electrons. The third-order valence-corrected chi connectivity index (χ3v) is 2.18. The summed E-state index contributed by atoms with van der Waals surface area (Å²) in [5.41, 5.74) is 0. The molecule has 1 unspecified atom stereocenters. The molecule has 0 aliphatic heterocycles. The van der Waals surface area contributed by atoms with Crippen LogP contribution in [0.3, 0.4) is 0 Å². The van der Waals surface area contributed by atoms with Crippen molar-refractivity contribution >= 4 is 12.0 Å². The lowest BCUT2D eigenvalue weighted by molar-refractivity contribution is -0.146. The van der Waals surface area contributed by atoms with Crippen molar-refractivity contribution in [2.75, 3.05) is 6.54 Å². The van der Waals surface area contributed by atoms with Gasteiger partial charge < -0.3 is 25.4 Å². The summed E-state index contributed by atoms with van der Waals surface area (Å²) in [5, 5.41) is 29.5. The van der Waals surface area contributed by atoms with Crippen LogP contribution in [0.15, 0.2) is 6.33 Å². The van der Waals surface area contributed by atoms with Gasteiger partial charge in [0.05, 0.1) is 13.1 Å². The normalized spacial score (nSPS) is 11.9. The molecular weight excluding hydrogens is 242 g/mol. The number of hydrogen-bond donors (Lipinski definition) is 4. The van der Waals surface area contributed by atoms with Crippen molar-refractivity contribution in [1.29, 1.82) is 0 Å². The summed E-state index contributed by atoms with van der Waals surface area (Å²) in [6.07, 6.45) is -0.0710. The molecule has 9 heteroatoms. The highest BCUT2D eigenvalue weighted by molar-refractivity contribution is 5.76. The van der Waals surface area contributed by atoms with E-state index in [2.05, 4.69) is 20.8 Å². The SMILES string of the molecule is CCn1cnnc1CNC(=O)NCC(O)C(=O)O. The second-order valence-electron chi connectivity index (χ2n) is 3.45. The number of carbonyl (C=O) groups is 2. The number of hydrogen-bond acceptors (Lipinski definition) is 5. The van der Waals surface area contributed by atoms with Gasteiger partial charge in [-0.05, 0) is 6.92 Å². The smallest absolute Gasteiger partial charge is 0.334 e. The molecule has 1 aromatic heterocycles. The van der Waals surface area contributed by atoms with Crippen molar-refractivity contribution in [2.45, 2.75) is 26.1 Å². The van der Waals surface area contributed by atoms with Gasteiger partial charge in [-0.15, -0.1) is 10.2 Å². The Kier molecular flexibility index (Phi) is 5.06. The van der Waals surface area contributed by atoms with Crippen LogP contribution in [-0.4, -0.2) is 49.6 Å². The third-order valence-electron chi connectivity index (χ3n) is 2.18. The number of aliphatic hydroxyl groups is 1. The van der Waals surface area contributed by atoms with Crippen molar-refractivity contribution in [3.8, 4) is 0 Å². The van der Waals surface area contributed by atoms with E-state index in [9.17, 15) is 9.59 Å². The van der Waals surface area contributed by atoms with E-state index in [0.717, 1.165) is 0 Å². The van der Waals surface area contributed by atoms with E-state index in [1.165, 1.54) is 0 Å². The number of urea groups is 1. The zero-order valence-corrected chi connectivity index (χ0v) is 9.83. The maximum absolute atomic E-state index is 11.3. The minimum atomic E-state index is -1.62. The quantitative estimate of drug-likeness (QED) is 0.493. The van der Waals surface area contributed by atoms with Gasteiger partial charge in [0.2, 0.25) is 0 Å². The molecule has 1 aromatic rings. The van der Waals surface area contributed by atoms with Gasteiger partial charge in [0.15, 0.2) is 11.9 Å². The van der Waals surface area contributed by atoms with E-state index in [0.29, 0.717) is 12.4 Å². The minimum Gasteiger partial charge on any atom is -0.479 e. The maximum Gasteiger partial charge on any atom is 0.334 e. The molecule has 0 saturated carbocycles. The van der Waals surface area contributed by atoms with Crippen LogP contribution < -0.4 is 10.6 Å². The topological polar surface area (TPSA) is 129 Å². The van der Waals surface area contributed by atoms with Crippen LogP contribution in [0.2, 0.25) is 0 Å². The highest BCUT2D eigenvalue weighted by Gasteiger charge is 2.14. The van der Waals surface area contributed by atoms with Crippen molar-refractivity contribution in [3.63, 3.8) is 0 Å². The average Bonchev–Trinajstić information content (AvgIpc) is 2.80. The van der Waals surface area contributed by atoms with Crippen LogP contribution in [0, 0.1) is 0 Å². The molecule has 1 rings (SSSR count). The molecule has 2 amide bonds. The number of aliphatic carboxylic acids is 1. The van der Waals surface area contributed by atoms with Crippen molar-refractivity contribution in [3.05, 3.63) is 12.2 Å². The lowest BCUT2D eigenvalue weighted by atomic mass is 10.4. The molecule has 0 aliphatic carbocycles. The number of aliphatic hydroxyl groups excluding tert-OH is 1. The third kappa shape index (κ3) is 4.01. The largest absolute Gasteiger partial charge is 0.479 e. The summed E-state index contributed by atoms with van der Waals surface area (Å²) < 4.78 is 1.76. The predicted molar refractivity (Wildman–Crippen MR) is 59.6 cm³/mol.